The smallest absolute Gasteiger partial charge is 0.330 e. The molecular formula is C20H26O9. The van der Waals surface area contributed by atoms with Crippen LogP contribution >= 0.6 is 0 Å². The second-order valence-electron chi connectivity index (χ2n) is 5.89. The third-order valence-corrected chi connectivity index (χ3v) is 3.25. The van der Waals surface area contributed by atoms with E-state index in [4.69, 9.17) is 23.7 Å². The van der Waals surface area contributed by atoms with Gasteiger partial charge in [0.15, 0.2) is 0 Å². The van der Waals surface area contributed by atoms with Gasteiger partial charge in [-0.25, -0.2) is 19.2 Å². The molecule has 0 aliphatic carbocycles. The fourth-order valence-electron chi connectivity index (χ4n) is 1.48. The molecule has 0 aromatic rings. The second-order valence-corrected chi connectivity index (χ2v) is 5.89. The maximum Gasteiger partial charge on any atom is 0.330 e. The lowest BCUT2D eigenvalue weighted by atomic mass is 9.92. The molecule has 1 unspecified atom stereocenters. The summed E-state index contributed by atoms with van der Waals surface area (Å²) in [7, 11) is 0. The zero-order valence-corrected chi connectivity index (χ0v) is 16.4. The molecule has 0 amide bonds. The minimum absolute atomic E-state index is 0.378. The molecule has 1 heterocycles. The van der Waals surface area contributed by atoms with Gasteiger partial charge in [-0.1, -0.05) is 26.3 Å². The standard InChI is InChI=1S/C17H20O8.C3H6O/c1-5-13(18)22-9-17(10-23-14(19)6-2,11-24-15(20)7-3)12-25-16(21)8-4;1-3-2-4-3/h5-8H,1-4,9-12H2;3H,2H2,1H3. The molecule has 29 heavy (non-hydrogen) atoms. The van der Waals surface area contributed by atoms with Gasteiger partial charge < -0.3 is 23.7 Å². The molecule has 1 rings (SSSR count). The molecule has 0 aromatic heterocycles. The van der Waals surface area contributed by atoms with Crippen LogP contribution in [0.2, 0.25) is 0 Å². The van der Waals surface area contributed by atoms with E-state index in [0.29, 0.717) is 6.10 Å². The Hall–Kier alpha value is -3.20. The number of hydrogen-bond acceptors (Lipinski definition) is 9. The Morgan fingerprint density at radius 1 is 0.759 bits per heavy atom. The van der Waals surface area contributed by atoms with E-state index in [0.717, 1.165) is 30.9 Å². The van der Waals surface area contributed by atoms with E-state index in [1.54, 1.807) is 0 Å². The summed E-state index contributed by atoms with van der Waals surface area (Å²) in [6.07, 6.45) is 4.27. The highest BCUT2D eigenvalue weighted by Crippen LogP contribution is 2.21. The van der Waals surface area contributed by atoms with Crippen LogP contribution in [0.25, 0.3) is 0 Å². The first-order valence-electron chi connectivity index (χ1n) is 8.50. The maximum atomic E-state index is 11.3. The van der Waals surface area contributed by atoms with E-state index >= 15 is 0 Å². The van der Waals surface area contributed by atoms with E-state index in [9.17, 15) is 19.2 Å². The number of carbonyl (C=O) groups is 4. The molecule has 9 heteroatoms. The van der Waals surface area contributed by atoms with Crippen molar-refractivity contribution in [1.82, 2.24) is 0 Å². The third kappa shape index (κ3) is 12.7. The van der Waals surface area contributed by atoms with Gasteiger partial charge in [-0.05, 0) is 6.92 Å². The van der Waals surface area contributed by atoms with Crippen LogP contribution in [0.15, 0.2) is 50.6 Å². The largest absolute Gasteiger partial charge is 0.462 e. The van der Waals surface area contributed by atoms with Crippen LogP contribution in [0.5, 0.6) is 0 Å². The Morgan fingerprint density at radius 2 is 0.966 bits per heavy atom. The molecule has 1 aliphatic heterocycles. The van der Waals surface area contributed by atoms with Gasteiger partial charge in [-0.3, -0.25) is 0 Å². The Kier molecular flexibility index (Phi) is 12.4. The zero-order valence-electron chi connectivity index (χ0n) is 16.4. The molecule has 0 aromatic carbocycles. The number of rotatable bonds is 12. The normalized spacial score (nSPS) is 14.0. The van der Waals surface area contributed by atoms with E-state index in [-0.39, 0.29) is 26.4 Å². The van der Waals surface area contributed by atoms with Gasteiger partial charge >= 0.3 is 23.9 Å². The number of epoxide rings is 1. The quantitative estimate of drug-likeness (QED) is 0.203. The Morgan fingerprint density at radius 3 is 1.10 bits per heavy atom. The number of esters is 4. The van der Waals surface area contributed by atoms with Crippen molar-refractivity contribution in [3.63, 3.8) is 0 Å². The molecule has 1 saturated heterocycles. The lowest BCUT2D eigenvalue weighted by Crippen LogP contribution is -2.43. The summed E-state index contributed by atoms with van der Waals surface area (Å²) in [6, 6.07) is 0. The predicted molar refractivity (Wildman–Crippen MR) is 102 cm³/mol. The van der Waals surface area contributed by atoms with Crippen molar-refractivity contribution in [2.75, 3.05) is 33.0 Å². The van der Waals surface area contributed by atoms with E-state index in [2.05, 4.69) is 33.2 Å². The van der Waals surface area contributed by atoms with Crippen molar-refractivity contribution in [1.29, 1.82) is 0 Å². The second kappa shape index (κ2) is 13.9. The third-order valence-electron chi connectivity index (χ3n) is 3.25. The minimum atomic E-state index is -1.34. The van der Waals surface area contributed by atoms with Gasteiger partial charge in [-0.15, -0.1) is 0 Å². The van der Waals surface area contributed by atoms with E-state index in [1.165, 1.54) is 0 Å². The SMILES string of the molecule is C=CC(=O)OCC(COC(=O)C=C)(COC(=O)C=C)COC(=O)C=C.CC1CO1. The van der Waals surface area contributed by atoms with Crippen molar-refractivity contribution in [2.24, 2.45) is 5.41 Å². The summed E-state index contributed by atoms with van der Waals surface area (Å²) in [5, 5.41) is 0. The lowest BCUT2D eigenvalue weighted by molar-refractivity contribution is -0.164. The Bertz CT molecular complexity index is 530. The van der Waals surface area contributed by atoms with Crippen LogP contribution in [-0.2, 0) is 42.9 Å². The predicted octanol–water partition coefficient (Wildman–Crippen LogP) is 1.29. The van der Waals surface area contributed by atoms with Gasteiger partial charge in [0, 0.05) is 24.3 Å². The van der Waals surface area contributed by atoms with Gasteiger partial charge in [0.1, 0.15) is 31.8 Å². The number of ether oxygens (including phenoxy) is 5. The fourth-order valence-corrected chi connectivity index (χ4v) is 1.48. The molecule has 160 valence electrons. The first-order chi connectivity index (χ1) is 13.7. The molecule has 0 radical (unpaired) electrons. The maximum absolute atomic E-state index is 11.3. The average molecular weight is 410 g/mol. The van der Waals surface area contributed by atoms with E-state index < -0.39 is 29.3 Å². The van der Waals surface area contributed by atoms with Gasteiger partial charge in [0.05, 0.1) is 12.7 Å². The summed E-state index contributed by atoms with van der Waals surface area (Å²) in [5.74, 6) is -3.04. The average Bonchev–Trinajstić information content (AvgIpc) is 3.53. The number of hydrogen-bond donors (Lipinski definition) is 0. The molecule has 0 N–H and O–H groups in total. The van der Waals surface area contributed by atoms with Crippen molar-refractivity contribution in [3.05, 3.63) is 50.6 Å². The number of carbonyl (C=O) groups excluding carboxylic acids is 4. The highest BCUT2D eigenvalue weighted by Gasteiger charge is 2.37. The molecular weight excluding hydrogens is 384 g/mol. The van der Waals surface area contributed by atoms with Crippen LogP contribution in [0, 0.1) is 5.41 Å². The monoisotopic (exact) mass is 410 g/mol. The molecule has 0 saturated carbocycles. The highest BCUT2D eigenvalue weighted by atomic mass is 16.6. The van der Waals surface area contributed by atoms with Crippen LogP contribution < -0.4 is 0 Å². The van der Waals surface area contributed by atoms with Crippen LogP contribution in [0.1, 0.15) is 6.92 Å². The topological polar surface area (TPSA) is 118 Å². The summed E-state index contributed by atoms with van der Waals surface area (Å²) >= 11 is 0. The fraction of sp³-hybridized carbons (Fsp3) is 0.400. The Labute approximate surface area is 169 Å². The van der Waals surface area contributed by atoms with Crippen molar-refractivity contribution in [2.45, 2.75) is 13.0 Å². The minimum Gasteiger partial charge on any atom is -0.462 e. The summed E-state index contributed by atoms with van der Waals surface area (Å²) < 4.78 is 24.5. The van der Waals surface area contributed by atoms with Crippen LogP contribution in [0.4, 0.5) is 0 Å². The van der Waals surface area contributed by atoms with Crippen LogP contribution in [-0.4, -0.2) is 63.0 Å². The van der Waals surface area contributed by atoms with Gasteiger partial charge in [0.25, 0.3) is 0 Å². The molecule has 9 nitrogen and oxygen atoms in total. The first-order valence-corrected chi connectivity index (χ1v) is 8.50. The molecule has 0 spiro atoms. The summed E-state index contributed by atoms with van der Waals surface area (Å²) in [6.45, 7) is 14.5. The summed E-state index contributed by atoms with van der Waals surface area (Å²) in [4.78, 5) is 45.3. The molecule has 0 bridgehead atoms. The lowest BCUT2D eigenvalue weighted by Gasteiger charge is -2.31. The Balaban J connectivity index is 0.00000172. The van der Waals surface area contributed by atoms with Crippen molar-refractivity contribution >= 4 is 23.9 Å². The van der Waals surface area contributed by atoms with E-state index in [1.807, 2.05) is 0 Å². The van der Waals surface area contributed by atoms with Gasteiger partial charge in [-0.2, -0.15) is 0 Å². The molecule has 1 fully saturated rings. The highest BCUT2D eigenvalue weighted by molar-refractivity contribution is 5.82. The first kappa shape index (κ1) is 25.8. The molecule has 1 aliphatic rings. The van der Waals surface area contributed by atoms with Crippen LogP contribution in [0.3, 0.4) is 0 Å². The zero-order chi connectivity index (χ0) is 22.3. The van der Waals surface area contributed by atoms with Crippen molar-refractivity contribution < 1.29 is 42.9 Å². The van der Waals surface area contributed by atoms with Gasteiger partial charge in [0.2, 0.25) is 0 Å². The van der Waals surface area contributed by atoms with Crippen molar-refractivity contribution in [3.8, 4) is 0 Å². The summed E-state index contributed by atoms with van der Waals surface area (Å²) in [5.41, 5.74) is -1.34. The molecule has 1 atom stereocenters.